The van der Waals surface area contributed by atoms with Gasteiger partial charge in [-0.25, -0.2) is 4.39 Å². The maximum atomic E-state index is 14.2. The number of piperazine rings is 1. The van der Waals surface area contributed by atoms with Gasteiger partial charge in [-0.15, -0.1) is 0 Å². The number of aliphatic hydroxyl groups is 1. The SMILES string of the molecule is COc1ccc(CN2CCN(CC(C)(C)C)C[C@@H]2CCO)c(F)c1. The molecule has 0 radical (unpaired) electrons. The first-order chi connectivity index (χ1) is 11.3. The van der Waals surface area contributed by atoms with E-state index >= 15 is 0 Å². The summed E-state index contributed by atoms with van der Waals surface area (Å²) < 4.78 is 19.3. The van der Waals surface area contributed by atoms with E-state index < -0.39 is 0 Å². The predicted molar refractivity (Wildman–Crippen MR) is 94.7 cm³/mol. The van der Waals surface area contributed by atoms with Crippen LogP contribution in [0.15, 0.2) is 18.2 Å². The second-order valence-electron chi connectivity index (χ2n) is 7.89. The molecule has 1 aliphatic rings. The Morgan fingerprint density at radius 2 is 2.04 bits per heavy atom. The average Bonchev–Trinajstić information content (AvgIpc) is 2.50. The summed E-state index contributed by atoms with van der Waals surface area (Å²) in [6.45, 7) is 11.3. The molecule has 0 spiro atoms. The number of aliphatic hydroxyl groups excluding tert-OH is 1. The van der Waals surface area contributed by atoms with Gasteiger partial charge in [0.05, 0.1) is 7.11 Å². The fourth-order valence-corrected chi connectivity index (χ4v) is 3.40. The van der Waals surface area contributed by atoms with Crippen LogP contribution < -0.4 is 4.74 Å². The molecule has 24 heavy (non-hydrogen) atoms. The third-order valence-corrected chi connectivity index (χ3v) is 4.48. The highest BCUT2D eigenvalue weighted by atomic mass is 19.1. The summed E-state index contributed by atoms with van der Waals surface area (Å²) in [6, 6.07) is 5.29. The summed E-state index contributed by atoms with van der Waals surface area (Å²) in [6.07, 6.45) is 0.721. The first-order valence-electron chi connectivity index (χ1n) is 8.72. The molecule has 0 aromatic heterocycles. The van der Waals surface area contributed by atoms with Gasteiger partial charge in [0.1, 0.15) is 11.6 Å². The van der Waals surface area contributed by atoms with Crippen molar-refractivity contribution in [2.75, 3.05) is 39.9 Å². The minimum atomic E-state index is -0.228. The molecule has 1 atom stereocenters. The molecule has 1 heterocycles. The van der Waals surface area contributed by atoms with E-state index in [0.717, 1.165) is 32.6 Å². The fourth-order valence-electron chi connectivity index (χ4n) is 3.40. The van der Waals surface area contributed by atoms with Crippen LogP contribution in [0, 0.1) is 11.2 Å². The number of rotatable bonds is 6. The molecule has 0 saturated carbocycles. The molecule has 0 aliphatic carbocycles. The molecule has 0 unspecified atom stereocenters. The maximum Gasteiger partial charge on any atom is 0.131 e. The third-order valence-electron chi connectivity index (χ3n) is 4.48. The van der Waals surface area contributed by atoms with Gasteiger partial charge in [-0.2, -0.15) is 0 Å². The van der Waals surface area contributed by atoms with E-state index in [4.69, 9.17) is 4.74 Å². The van der Waals surface area contributed by atoms with Crippen LogP contribution in [-0.2, 0) is 6.54 Å². The molecule has 1 fully saturated rings. The lowest BCUT2D eigenvalue weighted by Gasteiger charge is -2.43. The number of ether oxygens (including phenoxy) is 1. The zero-order valence-electron chi connectivity index (χ0n) is 15.4. The predicted octanol–water partition coefficient (Wildman–Crippen LogP) is 2.75. The number of hydrogen-bond acceptors (Lipinski definition) is 4. The molecule has 1 saturated heterocycles. The molecule has 0 amide bonds. The number of halogens is 1. The maximum absolute atomic E-state index is 14.2. The van der Waals surface area contributed by atoms with Gasteiger partial charge in [0.15, 0.2) is 0 Å². The normalized spacial score (nSPS) is 20.3. The number of benzene rings is 1. The largest absolute Gasteiger partial charge is 0.497 e. The lowest BCUT2D eigenvalue weighted by molar-refractivity contribution is 0.0376. The smallest absolute Gasteiger partial charge is 0.131 e. The van der Waals surface area contributed by atoms with Gasteiger partial charge in [-0.3, -0.25) is 9.80 Å². The van der Waals surface area contributed by atoms with Crippen LogP contribution in [-0.4, -0.2) is 60.8 Å². The van der Waals surface area contributed by atoms with Crippen LogP contribution in [0.4, 0.5) is 4.39 Å². The molecular weight excluding hydrogens is 307 g/mol. The van der Waals surface area contributed by atoms with Crippen molar-refractivity contribution < 1.29 is 14.2 Å². The van der Waals surface area contributed by atoms with Crippen molar-refractivity contribution in [2.24, 2.45) is 5.41 Å². The van der Waals surface area contributed by atoms with Gasteiger partial charge in [0.2, 0.25) is 0 Å². The molecule has 1 aliphatic heterocycles. The van der Waals surface area contributed by atoms with Crippen molar-refractivity contribution in [1.29, 1.82) is 0 Å². The van der Waals surface area contributed by atoms with Gasteiger partial charge in [0, 0.05) is 57.0 Å². The van der Waals surface area contributed by atoms with Crippen LogP contribution in [0.25, 0.3) is 0 Å². The summed E-state index contributed by atoms with van der Waals surface area (Å²) >= 11 is 0. The zero-order chi connectivity index (χ0) is 17.7. The zero-order valence-corrected chi connectivity index (χ0v) is 15.4. The standard InChI is InChI=1S/C19H31FN2O2/c1-19(2,3)14-21-8-9-22(16(13-21)7-10-23)12-15-5-6-17(24-4)11-18(15)20/h5-6,11,16,23H,7-10,12-14H2,1-4H3/t16-/m0/s1. The highest BCUT2D eigenvalue weighted by molar-refractivity contribution is 5.29. The van der Waals surface area contributed by atoms with Crippen molar-refractivity contribution >= 4 is 0 Å². The third kappa shape index (κ3) is 5.43. The Bertz CT molecular complexity index is 531. The summed E-state index contributed by atoms with van der Waals surface area (Å²) in [5, 5.41) is 9.41. The van der Waals surface area contributed by atoms with Crippen molar-refractivity contribution in [3.63, 3.8) is 0 Å². The van der Waals surface area contributed by atoms with E-state index in [-0.39, 0.29) is 23.9 Å². The Morgan fingerprint density at radius 3 is 2.62 bits per heavy atom. The van der Waals surface area contributed by atoms with Crippen LogP contribution in [0.5, 0.6) is 5.75 Å². The molecule has 5 heteroatoms. The Labute approximate surface area is 145 Å². The van der Waals surface area contributed by atoms with Gasteiger partial charge in [-0.05, 0) is 17.9 Å². The van der Waals surface area contributed by atoms with Crippen molar-refractivity contribution in [1.82, 2.24) is 9.80 Å². The average molecular weight is 338 g/mol. The molecule has 2 rings (SSSR count). The van der Waals surface area contributed by atoms with Crippen molar-refractivity contribution in [2.45, 2.75) is 39.8 Å². The molecular formula is C19H31FN2O2. The summed E-state index contributed by atoms with van der Waals surface area (Å²) in [7, 11) is 1.54. The summed E-state index contributed by atoms with van der Waals surface area (Å²) in [5.41, 5.74) is 0.941. The second-order valence-corrected chi connectivity index (χ2v) is 7.89. The number of hydrogen-bond donors (Lipinski definition) is 1. The second kappa shape index (κ2) is 8.28. The van der Waals surface area contributed by atoms with Crippen molar-refractivity contribution in [3.8, 4) is 5.75 Å². The lowest BCUT2D eigenvalue weighted by atomic mass is 9.95. The van der Waals surface area contributed by atoms with Crippen LogP contribution in [0.2, 0.25) is 0 Å². The van der Waals surface area contributed by atoms with Gasteiger partial charge < -0.3 is 9.84 Å². The van der Waals surface area contributed by atoms with E-state index in [2.05, 4.69) is 30.6 Å². The van der Waals surface area contributed by atoms with E-state index in [1.807, 2.05) is 0 Å². The number of methoxy groups -OCH3 is 1. The molecule has 4 nitrogen and oxygen atoms in total. The van der Waals surface area contributed by atoms with Crippen LogP contribution in [0.1, 0.15) is 32.8 Å². The topological polar surface area (TPSA) is 35.9 Å². The Balaban J connectivity index is 2.04. The van der Waals surface area contributed by atoms with Gasteiger partial charge in [0.25, 0.3) is 0 Å². The van der Waals surface area contributed by atoms with Gasteiger partial charge >= 0.3 is 0 Å². The quantitative estimate of drug-likeness (QED) is 0.865. The van der Waals surface area contributed by atoms with E-state index in [9.17, 15) is 9.50 Å². The van der Waals surface area contributed by atoms with Crippen LogP contribution >= 0.6 is 0 Å². The minimum absolute atomic E-state index is 0.162. The molecule has 1 aromatic rings. The highest BCUT2D eigenvalue weighted by Crippen LogP contribution is 2.23. The first-order valence-corrected chi connectivity index (χ1v) is 8.72. The number of nitrogens with zero attached hydrogens (tertiary/aromatic N) is 2. The Morgan fingerprint density at radius 1 is 1.29 bits per heavy atom. The first kappa shape index (κ1) is 19.2. The Kier molecular flexibility index (Phi) is 6.61. The van der Waals surface area contributed by atoms with Crippen LogP contribution in [0.3, 0.4) is 0 Å². The van der Waals surface area contributed by atoms with E-state index in [1.54, 1.807) is 19.2 Å². The summed E-state index contributed by atoms with van der Waals surface area (Å²) in [5.74, 6) is 0.312. The van der Waals surface area contributed by atoms with Crippen molar-refractivity contribution in [3.05, 3.63) is 29.6 Å². The molecule has 1 N–H and O–H groups in total. The summed E-state index contributed by atoms with van der Waals surface area (Å²) in [4.78, 5) is 4.75. The van der Waals surface area contributed by atoms with E-state index in [0.29, 0.717) is 17.9 Å². The monoisotopic (exact) mass is 338 g/mol. The fraction of sp³-hybridized carbons (Fsp3) is 0.684. The molecule has 1 aromatic carbocycles. The Hall–Kier alpha value is -1.17. The van der Waals surface area contributed by atoms with E-state index in [1.165, 1.54) is 6.07 Å². The highest BCUT2D eigenvalue weighted by Gasteiger charge is 2.29. The lowest BCUT2D eigenvalue weighted by Crippen LogP contribution is -2.54. The van der Waals surface area contributed by atoms with Gasteiger partial charge in [-0.1, -0.05) is 26.8 Å². The molecule has 136 valence electrons. The molecule has 0 bridgehead atoms. The minimum Gasteiger partial charge on any atom is -0.497 e.